The van der Waals surface area contributed by atoms with E-state index in [0.29, 0.717) is 6.42 Å². The number of carbonyl (C=O) groups excluding carboxylic acids is 1. The van der Waals surface area contributed by atoms with Crippen molar-refractivity contribution in [1.82, 2.24) is 10.3 Å². The van der Waals surface area contributed by atoms with Crippen LogP contribution in [-0.2, 0) is 11.2 Å². The van der Waals surface area contributed by atoms with Crippen LogP contribution in [0.15, 0.2) is 48.7 Å². The summed E-state index contributed by atoms with van der Waals surface area (Å²) in [6.45, 7) is 6.27. The minimum Gasteiger partial charge on any atom is -0.496 e. The second kappa shape index (κ2) is 8.96. The predicted octanol–water partition coefficient (Wildman–Crippen LogP) is 5.18. The van der Waals surface area contributed by atoms with Crippen LogP contribution >= 0.6 is 0 Å². The van der Waals surface area contributed by atoms with Crippen LogP contribution in [0, 0.1) is 0 Å². The molecule has 148 valence electrons. The first-order valence-corrected chi connectivity index (χ1v) is 10.1. The lowest BCUT2D eigenvalue weighted by atomic mass is 9.87. The molecular weight excluding hydrogens is 348 g/mol. The number of H-pyrrole nitrogens is 1. The van der Waals surface area contributed by atoms with Gasteiger partial charge in [-0.2, -0.15) is 0 Å². The van der Waals surface area contributed by atoms with Gasteiger partial charge in [0.15, 0.2) is 0 Å². The maximum atomic E-state index is 12.8. The predicted molar refractivity (Wildman–Crippen MR) is 115 cm³/mol. The van der Waals surface area contributed by atoms with E-state index in [-0.39, 0.29) is 17.9 Å². The van der Waals surface area contributed by atoms with Crippen LogP contribution in [0.25, 0.3) is 10.9 Å². The molecule has 1 amide bonds. The Morgan fingerprint density at radius 2 is 1.89 bits per heavy atom. The van der Waals surface area contributed by atoms with E-state index in [0.717, 1.165) is 35.2 Å². The van der Waals surface area contributed by atoms with Gasteiger partial charge in [-0.05, 0) is 37.0 Å². The molecule has 4 nitrogen and oxygen atoms in total. The van der Waals surface area contributed by atoms with Crippen molar-refractivity contribution in [2.24, 2.45) is 0 Å². The molecule has 0 aliphatic rings. The largest absolute Gasteiger partial charge is 0.496 e. The minimum absolute atomic E-state index is 0.0613. The number of fused-ring (bicyclic) bond motifs is 1. The summed E-state index contributed by atoms with van der Waals surface area (Å²) in [5.41, 5.74) is 4.61. The molecule has 0 radical (unpaired) electrons. The molecule has 1 heterocycles. The monoisotopic (exact) mass is 378 g/mol. The van der Waals surface area contributed by atoms with E-state index < -0.39 is 0 Å². The minimum atomic E-state index is -0.0823. The molecule has 0 aliphatic carbocycles. The Labute approximate surface area is 167 Å². The van der Waals surface area contributed by atoms with Crippen LogP contribution in [-0.4, -0.2) is 24.0 Å². The van der Waals surface area contributed by atoms with Gasteiger partial charge in [0.2, 0.25) is 5.91 Å². The normalized spacial score (nSPS) is 13.3. The van der Waals surface area contributed by atoms with Gasteiger partial charge in [-0.3, -0.25) is 4.79 Å². The first-order valence-electron chi connectivity index (χ1n) is 10.1. The molecule has 28 heavy (non-hydrogen) atoms. The number of methoxy groups -OCH3 is 1. The molecule has 0 saturated heterocycles. The first-order chi connectivity index (χ1) is 13.6. The van der Waals surface area contributed by atoms with Crippen molar-refractivity contribution in [2.45, 2.75) is 52.0 Å². The molecule has 3 rings (SSSR count). The first kappa shape index (κ1) is 20.0. The van der Waals surface area contributed by atoms with Crippen LogP contribution in [0.3, 0.4) is 0 Å². The van der Waals surface area contributed by atoms with Crippen LogP contribution < -0.4 is 10.1 Å². The van der Waals surface area contributed by atoms with Crippen molar-refractivity contribution >= 4 is 16.8 Å². The Hall–Kier alpha value is -2.75. The van der Waals surface area contributed by atoms with Crippen LogP contribution in [0.5, 0.6) is 5.75 Å². The topological polar surface area (TPSA) is 54.1 Å². The molecule has 0 fully saturated rings. The molecular formula is C24H30N2O2. The summed E-state index contributed by atoms with van der Waals surface area (Å²) in [6, 6.07) is 14.5. The summed E-state index contributed by atoms with van der Waals surface area (Å²) in [5, 5.41) is 4.28. The van der Waals surface area contributed by atoms with Gasteiger partial charge in [-0.25, -0.2) is 0 Å². The van der Waals surface area contributed by atoms with Gasteiger partial charge in [0, 0.05) is 41.0 Å². The van der Waals surface area contributed by atoms with E-state index in [1.54, 1.807) is 7.11 Å². The number of amides is 1. The molecule has 1 aromatic heterocycles. The lowest BCUT2D eigenvalue weighted by Crippen LogP contribution is -2.33. The second-order valence-corrected chi connectivity index (χ2v) is 7.31. The zero-order valence-corrected chi connectivity index (χ0v) is 17.2. The SMILES string of the molecule is CCc1cccc2c([C@H](CC(=O)N[C@H](C)CC)c3ccccc3OC)c[nH]c12. The molecule has 2 atom stereocenters. The van der Waals surface area contributed by atoms with E-state index >= 15 is 0 Å². The number of hydrogen-bond acceptors (Lipinski definition) is 2. The third-order valence-corrected chi connectivity index (χ3v) is 5.51. The molecule has 0 spiro atoms. The van der Waals surface area contributed by atoms with E-state index in [1.807, 2.05) is 25.1 Å². The summed E-state index contributed by atoms with van der Waals surface area (Å²) < 4.78 is 5.62. The second-order valence-electron chi connectivity index (χ2n) is 7.31. The molecule has 0 unspecified atom stereocenters. The fraction of sp³-hybridized carbons (Fsp3) is 0.375. The smallest absolute Gasteiger partial charge is 0.221 e. The van der Waals surface area contributed by atoms with Gasteiger partial charge in [-0.1, -0.05) is 50.2 Å². The summed E-state index contributed by atoms with van der Waals surface area (Å²) in [5.74, 6) is 0.789. The summed E-state index contributed by atoms with van der Waals surface area (Å²) in [6.07, 6.45) is 4.31. The van der Waals surface area contributed by atoms with Gasteiger partial charge in [0.1, 0.15) is 5.75 Å². The van der Waals surface area contributed by atoms with Crippen molar-refractivity contribution < 1.29 is 9.53 Å². The number of nitrogens with one attached hydrogen (secondary N) is 2. The number of para-hydroxylation sites is 2. The third kappa shape index (κ3) is 4.06. The average Bonchev–Trinajstić information content (AvgIpc) is 3.15. The lowest BCUT2D eigenvalue weighted by molar-refractivity contribution is -0.121. The maximum absolute atomic E-state index is 12.8. The Morgan fingerprint density at radius 3 is 2.61 bits per heavy atom. The van der Waals surface area contributed by atoms with Gasteiger partial charge in [0.05, 0.1) is 7.11 Å². The van der Waals surface area contributed by atoms with Crippen LogP contribution in [0.4, 0.5) is 0 Å². The van der Waals surface area contributed by atoms with E-state index in [4.69, 9.17) is 4.74 Å². The van der Waals surface area contributed by atoms with Gasteiger partial charge < -0.3 is 15.0 Å². The Balaban J connectivity index is 2.08. The summed E-state index contributed by atoms with van der Waals surface area (Å²) in [7, 11) is 1.68. The fourth-order valence-corrected chi connectivity index (χ4v) is 3.78. The quantitative estimate of drug-likeness (QED) is 0.568. The van der Waals surface area contributed by atoms with Crippen LogP contribution in [0.1, 0.15) is 56.2 Å². The van der Waals surface area contributed by atoms with Gasteiger partial charge >= 0.3 is 0 Å². The number of ether oxygens (including phenoxy) is 1. The third-order valence-electron chi connectivity index (χ3n) is 5.51. The van der Waals surface area contributed by atoms with Crippen LogP contribution in [0.2, 0.25) is 0 Å². The molecule has 4 heteroatoms. The molecule has 0 aliphatic heterocycles. The van der Waals surface area contributed by atoms with Crippen molar-refractivity contribution in [3.63, 3.8) is 0 Å². The van der Waals surface area contributed by atoms with E-state index in [1.165, 1.54) is 10.9 Å². The number of aromatic nitrogens is 1. The molecule has 2 aromatic carbocycles. The lowest BCUT2D eigenvalue weighted by Gasteiger charge is -2.21. The van der Waals surface area contributed by atoms with Crippen molar-refractivity contribution in [3.05, 3.63) is 65.4 Å². The van der Waals surface area contributed by atoms with Crippen molar-refractivity contribution in [2.75, 3.05) is 7.11 Å². The highest BCUT2D eigenvalue weighted by molar-refractivity contribution is 5.88. The Morgan fingerprint density at radius 1 is 1.11 bits per heavy atom. The molecule has 0 saturated carbocycles. The van der Waals surface area contributed by atoms with Gasteiger partial charge in [0.25, 0.3) is 0 Å². The highest BCUT2D eigenvalue weighted by atomic mass is 16.5. The van der Waals surface area contributed by atoms with E-state index in [9.17, 15) is 4.79 Å². The number of benzene rings is 2. The van der Waals surface area contributed by atoms with E-state index in [2.05, 4.69) is 54.6 Å². The molecule has 3 aromatic rings. The molecule has 2 N–H and O–H groups in total. The average molecular weight is 379 g/mol. The Bertz CT molecular complexity index is 945. The number of carbonyl (C=O) groups is 1. The van der Waals surface area contributed by atoms with Crippen molar-refractivity contribution in [3.8, 4) is 5.75 Å². The summed E-state index contributed by atoms with van der Waals surface area (Å²) >= 11 is 0. The van der Waals surface area contributed by atoms with Gasteiger partial charge in [-0.15, -0.1) is 0 Å². The zero-order chi connectivity index (χ0) is 20.1. The number of hydrogen-bond donors (Lipinski definition) is 2. The molecule has 0 bridgehead atoms. The standard InChI is InChI=1S/C24H30N2O2/c1-5-16(3)26-23(27)14-20(18-11-7-8-13-22(18)28-4)21-15-25-24-17(6-2)10-9-12-19(21)24/h7-13,15-16,20,25H,5-6,14H2,1-4H3,(H,26,27)/t16-,20-/m1/s1. The number of aromatic amines is 1. The Kier molecular flexibility index (Phi) is 6.40. The van der Waals surface area contributed by atoms with Crippen molar-refractivity contribution in [1.29, 1.82) is 0 Å². The summed E-state index contributed by atoms with van der Waals surface area (Å²) in [4.78, 5) is 16.2. The number of aryl methyl sites for hydroxylation is 1. The highest BCUT2D eigenvalue weighted by Crippen LogP contribution is 2.38. The highest BCUT2D eigenvalue weighted by Gasteiger charge is 2.25. The zero-order valence-electron chi connectivity index (χ0n) is 17.2. The maximum Gasteiger partial charge on any atom is 0.221 e. The number of rotatable bonds is 8. The fourth-order valence-electron chi connectivity index (χ4n) is 3.78.